The van der Waals surface area contributed by atoms with Gasteiger partial charge in [-0.2, -0.15) is 0 Å². The number of nitrogens with zero attached hydrogens (tertiary/aromatic N) is 2. The van der Waals surface area contributed by atoms with Crippen molar-refractivity contribution in [1.82, 2.24) is 10.3 Å². The second-order valence-electron chi connectivity index (χ2n) is 8.46. The van der Waals surface area contributed by atoms with Crippen LogP contribution >= 0.6 is 11.3 Å². The number of fused-ring (bicyclic) bond motifs is 1. The van der Waals surface area contributed by atoms with Crippen molar-refractivity contribution in [3.05, 3.63) is 87.4 Å². The Labute approximate surface area is 201 Å². The van der Waals surface area contributed by atoms with E-state index in [1.807, 2.05) is 42.6 Å². The van der Waals surface area contributed by atoms with E-state index in [0.29, 0.717) is 29.3 Å². The minimum Gasteiger partial charge on any atom is -0.348 e. The maximum Gasteiger partial charge on any atom is 0.257 e. The Morgan fingerprint density at radius 1 is 1.09 bits per heavy atom. The smallest absolute Gasteiger partial charge is 0.257 e. The minimum absolute atomic E-state index is 0.166. The van der Waals surface area contributed by atoms with Crippen molar-refractivity contribution < 1.29 is 9.59 Å². The summed E-state index contributed by atoms with van der Waals surface area (Å²) >= 11 is 1.50. The summed E-state index contributed by atoms with van der Waals surface area (Å²) in [7, 11) is 0. The fourth-order valence-electron chi connectivity index (χ4n) is 4.12. The molecule has 7 nitrogen and oxygen atoms in total. The van der Waals surface area contributed by atoms with E-state index in [4.69, 9.17) is 5.73 Å². The van der Waals surface area contributed by atoms with Gasteiger partial charge in [0.25, 0.3) is 11.8 Å². The van der Waals surface area contributed by atoms with Gasteiger partial charge in [-0.25, -0.2) is 4.98 Å². The van der Waals surface area contributed by atoms with Crippen LogP contribution in [-0.4, -0.2) is 35.6 Å². The Bertz CT molecular complexity index is 1310. The van der Waals surface area contributed by atoms with Gasteiger partial charge >= 0.3 is 0 Å². The third-order valence-electron chi connectivity index (χ3n) is 5.95. The molecule has 0 bridgehead atoms. The molecule has 3 aromatic rings. The van der Waals surface area contributed by atoms with E-state index in [2.05, 4.69) is 20.6 Å². The van der Waals surface area contributed by atoms with Crippen LogP contribution in [0.1, 0.15) is 48.8 Å². The number of hydrogen-bond acceptors (Lipinski definition) is 6. The van der Waals surface area contributed by atoms with Crippen LogP contribution in [0.3, 0.4) is 0 Å². The van der Waals surface area contributed by atoms with Crippen LogP contribution in [0.5, 0.6) is 0 Å². The van der Waals surface area contributed by atoms with Crippen molar-refractivity contribution in [2.45, 2.75) is 31.8 Å². The molecule has 0 spiro atoms. The van der Waals surface area contributed by atoms with Gasteiger partial charge in [-0.05, 0) is 60.2 Å². The third kappa shape index (κ3) is 4.98. The molecule has 4 N–H and O–H groups in total. The predicted molar refractivity (Wildman–Crippen MR) is 135 cm³/mol. The van der Waals surface area contributed by atoms with Gasteiger partial charge in [0.15, 0.2) is 5.13 Å². The van der Waals surface area contributed by atoms with Crippen LogP contribution in [0.15, 0.2) is 59.6 Å². The number of nitrogens with two attached hydrogens (primary N) is 1. The summed E-state index contributed by atoms with van der Waals surface area (Å²) in [5.74, 6) is -0.387. The monoisotopic (exact) mass is 471 g/mol. The number of anilines is 1. The van der Waals surface area contributed by atoms with Crippen molar-refractivity contribution in [3.63, 3.8) is 0 Å². The Hall–Kier alpha value is -3.62. The molecule has 1 aliphatic carbocycles. The number of aryl methyl sites for hydroxylation is 1. The maximum absolute atomic E-state index is 12.8. The fourth-order valence-corrected chi connectivity index (χ4v) is 5.21. The zero-order valence-corrected chi connectivity index (χ0v) is 19.4. The van der Waals surface area contributed by atoms with Crippen LogP contribution in [0.2, 0.25) is 0 Å². The number of carbonyl (C=O) groups is 2. The van der Waals surface area contributed by atoms with Gasteiger partial charge in [-0.1, -0.05) is 30.3 Å². The van der Waals surface area contributed by atoms with E-state index in [-0.39, 0.29) is 17.9 Å². The molecule has 172 valence electrons. The molecule has 0 saturated heterocycles. The lowest BCUT2D eigenvalue weighted by Crippen LogP contribution is -2.27. The molecule has 0 radical (unpaired) electrons. The molecule has 8 heteroatoms. The normalized spacial score (nSPS) is 16.6. The second kappa shape index (κ2) is 9.70. The van der Waals surface area contributed by atoms with E-state index in [1.54, 1.807) is 18.2 Å². The quantitative estimate of drug-likeness (QED) is 0.510. The van der Waals surface area contributed by atoms with Gasteiger partial charge in [0.05, 0.1) is 12.2 Å². The number of aliphatic imine (C=N–C) groups is 1. The highest BCUT2D eigenvalue weighted by molar-refractivity contribution is 7.15. The van der Waals surface area contributed by atoms with Crippen LogP contribution in [-0.2, 0) is 19.4 Å². The van der Waals surface area contributed by atoms with E-state index >= 15 is 0 Å². The summed E-state index contributed by atoms with van der Waals surface area (Å²) in [6, 6.07) is 14.9. The number of aromatic nitrogens is 1. The summed E-state index contributed by atoms with van der Waals surface area (Å²) in [4.78, 5) is 35.4. The summed E-state index contributed by atoms with van der Waals surface area (Å²) in [5, 5.41) is 6.45. The molecular weight excluding hydrogens is 446 g/mol. The highest BCUT2D eigenvalue weighted by atomic mass is 32.1. The Kier molecular flexibility index (Phi) is 6.33. The molecule has 0 saturated carbocycles. The number of nitrogens with one attached hydrogen (secondary N) is 2. The van der Waals surface area contributed by atoms with Crippen molar-refractivity contribution in [2.24, 2.45) is 10.7 Å². The van der Waals surface area contributed by atoms with Gasteiger partial charge in [0, 0.05) is 34.8 Å². The first kappa shape index (κ1) is 22.2. The lowest BCUT2D eigenvalue weighted by Gasteiger charge is -2.15. The molecule has 1 aromatic heterocycles. The lowest BCUT2D eigenvalue weighted by molar-refractivity contribution is 0.0950. The minimum atomic E-state index is -0.220. The molecule has 5 rings (SSSR count). The number of amides is 2. The van der Waals surface area contributed by atoms with Gasteiger partial charge in [-0.15, -0.1) is 11.3 Å². The summed E-state index contributed by atoms with van der Waals surface area (Å²) in [5.41, 5.74) is 11.0. The van der Waals surface area contributed by atoms with Gasteiger partial charge in [-0.3, -0.25) is 19.9 Å². The Morgan fingerprint density at radius 2 is 1.91 bits per heavy atom. The van der Waals surface area contributed by atoms with Gasteiger partial charge in [0.1, 0.15) is 0 Å². The summed E-state index contributed by atoms with van der Waals surface area (Å²) < 4.78 is 0. The molecule has 1 atom stereocenters. The zero-order chi connectivity index (χ0) is 23.5. The Balaban J connectivity index is 1.21. The van der Waals surface area contributed by atoms with Gasteiger partial charge in [0.2, 0.25) is 0 Å². The highest BCUT2D eigenvalue weighted by Crippen LogP contribution is 2.29. The van der Waals surface area contributed by atoms with E-state index < -0.39 is 0 Å². The molecule has 2 aliphatic rings. The molecule has 2 amide bonds. The predicted octanol–water partition coefficient (Wildman–Crippen LogP) is 3.61. The second-order valence-corrected chi connectivity index (χ2v) is 9.55. The number of allylic oxidation sites excluding steroid dienone is 1. The first-order valence-corrected chi connectivity index (χ1v) is 12.1. The highest BCUT2D eigenvalue weighted by Gasteiger charge is 2.21. The number of rotatable bonds is 6. The summed E-state index contributed by atoms with van der Waals surface area (Å²) in [6.45, 7) is 0.993. The lowest BCUT2D eigenvalue weighted by atomic mass is 9.99. The zero-order valence-electron chi connectivity index (χ0n) is 18.6. The largest absolute Gasteiger partial charge is 0.348 e. The fraction of sp³-hybridized carbons (Fsp3) is 0.231. The average molecular weight is 472 g/mol. The topological polar surface area (TPSA) is 109 Å². The third-order valence-corrected chi connectivity index (χ3v) is 6.98. The number of hydrogen-bond donors (Lipinski definition) is 3. The van der Waals surface area contributed by atoms with Crippen molar-refractivity contribution in [2.75, 3.05) is 11.9 Å². The van der Waals surface area contributed by atoms with Crippen molar-refractivity contribution in [3.8, 4) is 0 Å². The van der Waals surface area contributed by atoms with Crippen molar-refractivity contribution in [1.29, 1.82) is 0 Å². The molecule has 1 aliphatic heterocycles. The van der Waals surface area contributed by atoms with Crippen LogP contribution in [0.25, 0.3) is 5.57 Å². The molecule has 0 unspecified atom stereocenters. The molecular formula is C26H25N5O2S. The van der Waals surface area contributed by atoms with Crippen molar-refractivity contribution >= 4 is 40.1 Å². The number of benzene rings is 2. The maximum atomic E-state index is 12.8. The molecule has 0 fully saturated rings. The Morgan fingerprint density at radius 3 is 2.74 bits per heavy atom. The first-order chi connectivity index (χ1) is 16.5. The van der Waals surface area contributed by atoms with Crippen LogP contribution < -0.4 is 16.4 Å². The summed E-state index contributed by atoms with van der Waals surface area (Å²) in [6.07, 6.45) is 6.44. The van der Waals surface area contributed by atoms with E-state index in [1.165, 1.54) is 11.3 Å². The first-order valence-electron chi connectivity index (χ1n) is 11.3. The number of thiazole rings is 1. The molecule has 34 heavy (non-hydrogen) atoms. The van der Waals surface area contributed by atoms with Crippen LogP contribution in [0.4, 0.5) is 5.13 Å². The number of carbonyl (C=O) groups excluding carboxylic acids is 2. The van der Waals surface area contributed by atoms with Gasteiger partial charge < -0.3 is 11.1 Å². The molecule has 2 aromatic carbocycles. The standard InChI is InChI=1S/C26H25N5O2S/c27-21-7-8-22-23(13-21)34-26(30-22)31-25(33)18-5-1-3-16(11-18)14-29-24(32)19-6-2-4-17(12-19)20-9-10-28-15-20/h1-6,9,11-12,15,21H,7-8,10,13-14,27H2,(H,29,32)(H,30,31,33)/t21-/m1/s1. The van der Waals surface area contributed by atoms with Crippen LogP contribution in [0, 0.1) is 0 Å². The van der Waals surface area contributed by atoms with E-state index in [0.717, 1.165) is 46.5 Å². The SMILES string of the molecule is N[C@@H]1CCc2nc(NC(=O)c3cccc(CNC(=O)c4cccc(C5=CCN=C5)c4)c3)sc2C1. The molecule has 2 heterocycles. The van der Waals surface area contributed by atoms with E-state index in [9.17, 15) is 9.59 Å². The average Bonchev–Trinajstić information content (AvgIpc) is 3.52.